The van der Waals surface area contributed by atoms with Crippen molar-refractivity contribution >= 4 is 42.3 Å². The van der Waals surface area contributed by atoms with Gasteiger partial charge in [0.25, 0.3) is 0 Å². The molecule has 1 aromatic carbocycles. The second-order valence-electron chi connectivity index (χ2n) is 7.81. The van der Waals surface area contributed by atoms with Crippen LogP contribution in [0.4, 0.5) is 0 Å². The fraction of sp³-hybridized carbons (Fsp3) is 0.476. The van der Waals surface area contributed by atoms with Gasteiger partial charge in [0.2, 0.25) is 17.7 Å². The number of carbonyl (C=O) groups is 4. The number of aliphatic carboxylic acids is 1. The molecular formula is C21H33N7O7S. The number of hydrogen-bond acceptors (Lipinski definition) is 9. The van der Waals surface area contributed by atoms with Gasteiger partial charge in [0.05, 0.1) is 12.6 Å². The number of aliphatic hydroxyl groups excluding tert-OH is 1. The summed E-state index contributed by atoms with van der Waals surface area (Å²) in [5.41, 5.74) is 16.8. The Morgan fingerprint density at radius 2 is 1.50 bits per heavy atom. The summed E-state index contributed by atoms with van der Waals surface area (Å²) in [4.78, 5) is 53.0. The third kappa shape index (κ3) is 10.8. The third-order valence-corrected chi connectivity index (χ3v) is 5.29. The first-order chi connectivity index (χ1) is 17.0. The lowest BCUT2D eigenvalue weighted by Crippen LogP contribution is -2.58. The Hall–Kier alpha value is -3.56. The summed E-state index contributed by atoms with van der Waals surface area (Å²) in [6, 6.07) is 0.758. The second-order valence-corrected chi connectivity index (χ2v) is 8.18. The molecule has 0 saturated carbocycles. The van der Waals surface area contributed by atoms with E-state index in [9.17, 15) is 34.5 Å². The molecule has 0 bridgehead atoms. The molecule has 0 heterocycles. The number of phenolic OH excluding ortho intramolecular Hbond substituents is 1. The number of aliphatic imine (C=N–C) groups is 1. The van der Waals surface area contributed by atoms with Crippen LogP contribution in [0.2, 0.25) is 0 Å². The zero-order valence-corrected chi connectivity index (χ0v) is 20.4. The molecule has 0 fully saturated rings. The average Bonchev–Trinajstić information content (AvgIpc) is 2.83. The molecule has 1 rings (SSSR count). The number of carboxylic acids is 1. The number of nitrogens with two attached hydrogens (primary N) is 3. The van der Waals surface area contributed by atoms with E-state index in [1.54, 1.807) is 0 Å². The predicted octanol–water partition coefficient (Wildman–Crippen LogP) is -3.22. The van der Waals surface area contributed by atoms with Crippen molar-refractivity contribution in [3.63, 3.8) is 0 Å². The van der Waals surface area contributed by atoms with Gasteiger partial charge in [-0.3, -0.25) is 19.4 Å². The zero-order chi connectivity index (χ0) is 27.3. The number of thiol groups is 1. The molecule has 4 atom stereocenters. The number of benzene rings is 1. The van der Waals surface area contributed by atoms with Gasteiger partial charge in [0.15, 0.2) is 5.96 Å². The fourth-order valence-electron chi connectivity index (χ4n) is 2.93. The summed E-state index contributed by atoms with van der Waals surface area (Å²) >= 11 is 3.90. The average molecular weight is 528 g/mol. The van der Waals surface area contributed by atoms with Crippen molar-refractivity contribution in [3.05, 3.63) is 29.8 Å². The Balaban J connectivity index is 2.90. The van der Waals surface area contributed by atoms with Crippen LogP contribution in [-0.4, -0.2) is 88.0 Å². The van der Waals surface area contributed by atoms with Crippen LogP contribution in [0.25, 0.3) is 0 Å². The van der Waals surface area contributed by atoms with Crippen molar-refractivity contribution in [2.75, 3.05) is 18.9 Å². The van der Waals surface area contributed by atoms with Crippen LogP contribution >= 0.6 is 12.6 Å². The molecule has 14 nitrogen and oxygen atoms in total. The lowest BCUT2D eigenvalue weighted by atomic mass is 10.0. The van der Waals surface area contributed by atoms with Crippen molar-refractivity contribution in [1.82, 2.24) is 16.0 Å². The van der Waals surface area contributed by atoms with Gasteiger partial charge < -0.3 is 48.5 Å². The highest BCUT2D eigenvalue weighted by molar-refractivity contribution is 7.80. The van der Waals surface area contributed by atoms with Crippen molar-refractivity contribution in [1.29, 1.82) is 0 Å². The van der Waals surface area contributed by atoms with Crippen molar-refractivity contribution in [2.45, 2.75) is 43.4 Å². The van der Waals surface area contributed by atoms with Gasteiger partial charge in [0, 0.05) is 18.7 Å². The van der Waals surface area contributed by atoms with Gasteiger partial charge in [-0.25, -0.2) is 4.79 Å². The highest BCUT2D eigenvalue weighted by Gasteiger charge is 2.30. The van der Waals surface area contributed by atoms with E-state index in [1.165, 1.54) is 24.3 Å². The number of hydrogen-bond donors (Lipinski definition) is 10. The lowest BCUT2D eigenvalue weighted by molar-refractivity contribution is -0.141. The molecule has 12 N–H and O–H groups in total. The summed E-state index contributed by atoms with van der Waals surface area (Å²) in [6.45, 7) is -0.537. The van der Waals surface area contributed by atoms with E-state index >= 15 is 0 Å². The van der Waals surface area contributed by atoms with E-state index in [2.05, 4.69) is 33.6 Å². The number of nitrogens with one attached hydrogen (secondary N) is 3. The molecule has 0 spiro atoms. The molecule has 0 radical (unpaired) electrons. The smallest absolute Gasteiger partial charge is 0.327 e. The van der Waals surface area contributed by atoms with Crippen LogP contribution in [-0.2, 0) is 25.6 Å². The molecule has 0 aliphatic carbocycles. The maximum absolute atomic E-state index is 12.8. The van der Waals surface area contributed by atoms with E-state index in [4.69, 9.17) is 17.2 Å². The quantitative estimate of drug-likeness (QED) is 0.0472. The Morgan fingerprint density at radius 1 is 0.944 bits per heavy atom. The predicted molar refractivity (Wildman–Crippen MR) is 134 cm³/mol. The molecule has 0 saturated heterocycles. The molecular weight excluding hydrogens is 494 g/mol. The molecule has 0 aliphatic heterocycles. The van der Waals surface area contributed by atoms with Gasteiger partial charge in [-0.05, 0) is 30.5 Å². The molecule has 15 heteroatoms. The standard InChI is InChI=1S/C21H33N7O7S/c22-13(2-1-7-25-21(23)24)17(31)27-15(9-29)19(33)26-14(8-11-3-5-12(30)6-4-11)18(32)28-16(10-36)20(34)35/h3-6,13-16,29-30,36H,1-2,7-10,22H2,(H,26,33)(H,27,31)(H,28,32)(H,34,35)(H4,23,24,25). The van der Waals surface area contributed by atoms with Crippen LogP contribution in [0.15, 0.2) is 29.3 Å². The van der Waals surface area contributed by atoms with Crippen LogP contribution in [0.1, 0.15) is 18.4 Å². The first kappa shape index (κ1) is 30.5. The Labute approximate surface area is 213 Å². The van der Waals surface area contributed by atoms with Crippen molar-refractivity contribution in [2.24, 2.45) is 22.2 Å². The summed E-state index contributed by atoms with van der Waals surface area (Å²) in [5, 5.41) is 35.3. The van der Waals surface area contributed by atoms with Gasteiger partial charge >= 0.3 is 5.97 Å². The number of phenols is 1. The van der Waals surface area contributed by atoms with E-state index in [1.807, 2.05) is 0 Å². The van der Waals surface area contributed by atoms with Crippen LogP contribution in [0, 0.1) is 0 Å². The van der Waals surface area contributed by atoms with Gasteiger partial charge in [-0.1, -0.05) is 12.1 Å². The van der Waals surface area contributed by atoms with E-state index in [0.717, 1.165) is 0 Å². The van der Waals surface area contributed by atoms with E-state index < -0.39 is 54.5 Å². The number of amides is 3. The molecule has 1 aromatic rings. The lowest BCUT2D eigenvalue weighted by Gasteiger charge is -2.24. The largest absolute Gasteiger partial charge is 0.508 e. The van der Waals surface area contributed by atoms with Crippen LogP contribution in [0.3, 0.4) is 0 Å². The zero-order valence-electron chi connectivity index (χ0n) is 19.5. The molecule has 200 valence electrons. The Morgan fingerprint density at radius 3 is 2.03 bits per heavy atom. The van der Waals surface area contributed by atoms with E-state index in [-0.39, 0.29) is 36.8 Å². The molecule has 3 amide bonds. The second kappa shape index (κ2) is 15.4. The van der Waals surface area contributed by atoms with Gasteiger partial charge in [-0.2, -0.15) is 12.6 Å². The summed E-state index contributed by atoms with van der Waals surface area (Å²) in [6.07, 6.45) is 0.523. The number of guanidine groups is 1. The van der Waals surface area contributed by atoms with Gasteiger partial charge in [-0.15, -0.1) is 0 Å². The van der Waals surface area contributed by atoms with Crippen LogP contribution in [0.5, 0.6) is 5.75 Å². The number of carboxylic acid groups (broad SMARTS) is 1. The third-order valence-electron chi connectivity index (χ3n) is 4.93. The minimum absolute atomic E-state index is 0.0116. The Bertz CT molecular complexity index is 926. The van der Waals surface area contributed by atoms with Gasteiger partial charge in [0.1, 0.15) is 23.9 Å². The normalized spacial score (nSPS) is 14.0. The molecule has 4 unspecified atom stereocenters. The summed E-state index contributed by atoms with van der Waals surface area (Å²) < 4.78 is 0. The van der Waals surface area contributed by atoms with Crippen molar-refractivity contribution < 1.29 is 34.5 Å². The highest BCUT2D eigenvalue weighted by atomic mass is 32.1. The topological polar surface area (TPSA) is 255 Å². The first-order valence-electron chi connectivity index (χ1n) is 10.9. The summed E-state index contributed by atoms with van der Waals surface area (Å²) in [7, 11) is 0. The monoisotopic (exact) mass is 527 g/mol. The summed E-state index contributed by atoms with van der Waals surface area (Å²) in [5.74, 6) is -4.05. The number of carbonyl (C=O) groups excluding carboxylic acids is 3. The molecule has 0 aromatic heterocycles. The van der Waals surface area contributed by atoms with Crippen molar-refractivity contribution in [3.8, 4) is 5.75 Å². The highest BCUT2D eigenvalue weighted by Crippen LogP contribution is 2.12. The van der Waals surface area contributed by atoms with E-state index in [0.29, 0.717) is 12.0 Å². The minimum atomic E-state index is -1.43. The fourth-order valence-corrected chi connectivity index (χ4v) is 3.18. The number of nitrogens with zero attached hydrogens (tertiary/aromatic N) is 1. The van der Waals surface area contributed by atoms with Crippen LogP contribution < -0.4 is 33.2 Å². The number of rotatable bonds is 15. The first-order valence-corrected chi connectivity index (χ1v) is 11.6. The molecule has 0 aliphatic rings. The Kier molecular flexibility index (Phi) is 13.1. The maximum atomic E-state index is 12.8. The number of aliphatic hydroxyl groups is 1. The maximum Gasteiger partial charge on any atom is 0.327 e. The SMILES string of the molecule is NC(N)=NCCCC(N)C(=O)NC(CO)C(=O)NC(Cc1ccc(O)cc1)C(=O)NC(CS)C(=O)O. The molecule has 36 heavy (non-hydrogen) atoms. The minimum Gasteiger partial charge on any atom is -0.508 e. The number of aromatic hydroxyl groups is 1.